The maximum Gasteiger partial charge on any atom is 0.254 e. The molecule has 4 rings (SSSR count). The number of hydrogen-bond acceptors (Lipinski definition) is 7. The molecule has 0 spiro atoms. The second-order valence-electron chi connectivity index (χ2n) is 7.56. The van der Waals surface area contributed by atoms with Crippen molar-refractivity contribution in [2.24, 2.45) is 5.73 Å². The van der Waals surface area contributed by atoms with E-state index in [1.165, 1.54) is 6.20 Å². The van der Waals surface area contributed by atoms with Gasteiger partial charge in [0.2, 0.25) is 5.88 Å². The lowest BCUT2D eigenvalue weighted by atomic mass is 9.99. The fourth-order valence-corrected chi connectivity index (χ4v) is 3.90. The number of nitriles is 1. The molecule has 5 N–H and O–H groups in total. The van der Waals surface area contributed by atoms with E-state index in [1.54, 1.807) is 41.1 Å². The fraction of sp³-hybridized carbons (Fsp3) is 0.273. The van der Waals surface area contributed by atoms with E-state index in [4.69, 9.17) is 33.1 Å². The minimum absolute atomic E-state index is 0.0321. The molecule has 0 bridgehead atoms. The number of nitrogens with one attached hydrogen (secondary N) is 1. The number of primary amides is 1. The molecule has 0 unspecified atom stereocenters. The molecule has 1 amide bonds. The summed E-state index contributed by atoms with van der Waals surface area (Å²) in [4.78, 5) is 16.3. The molecule has 164 valence electrons. The van der Waals surface area contributed by atoms with Crippen molar-refractivity contribution in [2.75, 3.05) is 12.3 Å². The monoisotopic (exact) mass is 451 g/mol. The highest BCUT2D eigenvalue weighted by atomic mass is 35.5. The number of piperidine rings is 1. The molecular weight excluding hydrogens is 430 g/mol. The Labute approximate surface area is 189 Å². The molecule has 1 fully saturated rings. The normalized spacial score (nSPS) is 18.1. The summed E-state index contributed by atoms with van der Waals surface area (Å²) in [6.45, 7) is 0.608. The van der Waals surface area contributed by atoms with Crippen LogP contribution in [-0.4, -0.2) is 33.3 Å². The van der Waals surface area contributed by atoms with Crippen LogP contribution in [0.3, 0.4) is 0 Å². The maximum atomic E-state index is 12.2. The Morgan fingerprint density at radius 1 is 1.28 bits per heavy atom. The summed E-state index contributed by atoms with van der Waals surface area (Å²) in [6, 6.07) is 12.7. The first-order chi connectivity index (χ1) is 15.5. The highest BCUT2D eigenvalue weighted by Crippen LogP contribution is 2.33. The molecule has 3 heterocycles. The second kappa shape index (κ2) is 9.26. The first kappa shape index (κ1) is 21.6. The number of nitrogen functional groups attached to an aromatic ring is 1. The number of rotatable bonds is 6. The summed E-state index contributed by atoms with van der Waals surface area (Å²) in [6.07, 6.45) is 3.58. The number of nitrogens with zero attached hydrogens (tertiary/aromatic N) is 4. The van der Waals surface area contributed by atoms with Gasteiger partial charge in [-0.1, -0.05) is 11.6 Å². The standard InChI is InChI=1S/C22H22ClN7O2/c23-14-3-8-18(28-11-14)32-17-6-1-13(2-7-17)20-19(22(26)31)21(25)30(29-20)16-5-4-15(9-10-24)27-12-16/h1-3,6-8,11,15-16,27H,4-5,9,12,25H2,(H2,26,31)/t15-,16+/m0/s1. The van der Waals surface area contributed by atoms with Gasteiger partial charge in [0, 0.05) is 30.4 Å². The number of benzene rings is 1. The van der Waals surface area contributed by atoms with E-state index in [9.17, 15) is 4.79 Å². The van der Waals surface area contributed by atoms with Gasteiger partial charge >= 0.3 is 0 Å². The van der Waals surface area contributed by atoms with Gasteiger partial charge in [-0.2, -0.15) is 10.4 Å². The summed E-state index contributed by atoms with van der Waals surface area (Å²) in [5.41, 5.74) is 13.2. The van der Waals surface area contributed by atoms with Crippen LogP contribution in [0.15, 0.2) is 42.6 Å². The Morgan fingerprint density at radius 3 is 2.66 bits per heavy atom. The number of anilines is 1. The number of amides is 1. The van der Waals surface area contributed by atoms with Gasteiger partial charge in [-0.3, -0.25) is 4.79 Å². The number of hydrogen-bond donors (Lipinski definition) is 3. The Hall–Kier alpha value is -3.61. The highest BCUT2D eigenvalue weighted by Gasteiger charge is 2.28. The maximum absolute atomic E-state index is 12.2. The number of halogens is 1. The van der Waals surface area contributed by atoms with Crippen molar-refractivity contribution >= 4 is 23.3 Å². The average Bonchev–Trinajstić information content (AvgIpc) is 3.14. The third-order valence-electron chi connectivity index (χ3n) is 5.42. The van der Waals surface area contributed by atoms with Crippen LogP contribution in [0.4, 0.5) is 5.82 Å². The molecule has 0 radical (unpaired) electrons. The second-order valence-corrected chi connectivity index (χ2v) is 7.99. The van der Waals surface area contributed by atoms with Crippen LogP contribution >= 0.6 is 11.6 Å². The van der Waals surface area contributed by atoms with Gasteiger partial charge in [0.05, 0.1) is 23.6 Å². The quantitative estimate of drug-likeness (QED) is 0.521. The summed E-state index contributed by atoms with van der Waals surface area (Å²) >= 11 is 5.84. The van der Waals surface area contributed by atoms with Crippen LogP contribution < -0.4 is 21.5 Å². The van der Waals surface area contributed by atoms with Gasteiger partial charge in [0.1, 0.15) is 22.8 Å². The summed E-state index contributed by atoms with van der Waals surface area (Å²) < 4.78 is 7.37. The fourth-order valence-electron chi connectivity index (χ4n) is 3.79. The van der Waals surface area contributed by atoms with Crippen LogP contribution in [0, 0.1) is 11.3 Å². The number of nitrogens with two attached hydrogens (primary N) is 2. The van der Waals surface area contributed by atoms with Crippen LogP contribution in [0.1, 0.15) is 35.7 Å². The van der Waals surface area contributed by atoms with Crippen molar-refractivity contribution < 1.29 is 9.53 Å². The number of carbonyl (C=O) groups is 1. The number of pyridine rings is 1. The van der Waals surface area contributed by atoms with Crippen molar-refractivity contribution in [3.8, 4) is 29.0 Å². The lowest BCUT2D eigenvalue weighted by Crippen LogP contribution is -2.40. The largest absolute Gasteiger partial charge is 0.439 e. The first-order valence-electron chi connectivity index (χ1n) is 10.1. The van der Waals surface area contributed by atoms with E-state index < -0.39 is 5.91 Å². The number of aromatic nitrogens is 3. The molecule has 1 aliphatic heterocycles. The molecule has 0 aliphatic carbocycles. The first-order valence-corrected chi connectivity index (χ1v) is 10.5. The molecular formula is C22H22ClN7O2. The minimum Gasteiger partial charge on any atom is -0.439 e. The van der Waals surface area contributed by atoms with Crippen molar-refractivity contribution in [1.82, 2.24) is 20.1 Å². The van der Waals surface area contributed by atoms with E-state index in [2.05, 4.69) is 21.5 Å². The molecule has 32 heavy (non-hydrogen) atoms. The summed E-state index contributed by atoms with van der Waals surface area (Å²) in [7, 11) is 0. The van der Waals surface area contributed by atoms with Gasteiger partial charge in [0.25, 0.3) is 5.91 Å². The summed E-state index contributed by atoms with van der Waals surface area (Å²) in [5.74, 6) is 0.578. The molecule has 0 saturated carbocycles. The number of ether oxygens (including phenoxy) is 1. The van der Waals surface area contributed by atoms with Crippen molar-refractivity contribution in [2.45, 2.75) is 31.3 Å². The SMILES string of the molecule is N#CC[C@@H]1CC[C@@H](n2nc(-c3ccc(Oc4ccc(Cl)cn4)cc3)c(C(N)=O)c2N)CN1. The smallest absolute Gasteiger partial charge is 0.254 e. The predicted molar refractivity (Wildman–Crippen MR) is 120 cm³/mol. The van der Waals surface area contributed by atoms with Gasteiger partial charge in [-0.25, -0.2) is 9.67 Å². The number of carbonyl (C=O) groups excluding carboxylic acids is 1. The molecule has 1 aromatic carbocycles. The Kier molecular flexibility index (Phi) is 6.25. The third kappa shape index (κ3) is 4.51. The Bertz CT molecular complexity index is 1140. The molecule has 3 aromatic rings. The molecule has 10 heteroatoms. The van der Waals surface area contributed by atoms with Crippen LogP contribution in [-0.2, 0) is 0 Å². The Balaban J connectivity index is 1.58. The van der Waals surface area contributed by atoms with E-state index in [1.807, 2.05) is 0 Å². The van der Waals surface area contributed by atoms with Gasteiger partial charge in [-0.15, -0.1) is 0 Å². The van der Waals surface area contributed by atoms with E-state index in [0.29, 0.717) is 40.9 Å². The lowest BCUT2D eigenvalue weighted by Gasteiger charge is -2.29. The van der Waals surface area contributed by atoms with Gasteiger partial charge in [0.15, 0.2) is 0 Å². The summed E-state index contributed by atoms with van der Waals surface area (Å²) in [5, 5.41) is 17.4. The zero-order chi connectivity index (χ0) is 22.7. The topological polar surface area (TPSA) is 145 Å². The zero-order valence-electron chi connectivity index (χ0n) is 17.2. The van der Waals surface area contributed by atoms with E-state index >= 15 is 0 Å². The van der Waals surface area contributed by atoms with Crippen LogP contribution in [0.2, 0.25) is 5.02 Å². The molecule has 1 saturated heterocycles. The third-order valence-corrected chi connectivity index (χ3v) is 5.64. The lowest BCUT2D eigenvalue weighted by molar-refractivity contribution is 0.100. The molecule has 2 aromatic heterocycles. The van der Waals surface area contributed by atoms with Crippen LogP contribution in [0.5, 0.6) is 11.6 Å². The average molecular weight is 452 g/mol. The van der Waals surface area contributed by atoms with Crippen LogP contribution in [0.25, 0.3) is 11.3 Å². The van der Waals surface area contributed by atoms with E-state index in [0.717, 1.165) is 12.8 Å². The van der Waals surface area contributed by atoms with Gasteiger partial charge in [-0.05, 0) is 43.2 Å². The zero-order valence-corrected chi connectivity index (χ0v) is 17.9. The minimum atomic E-state index is -0.638. The van der Waals surface area contributed by atoms with Crippen molar-refractivity contribution in [3.63, 3.8) is 0 Å². The van der Waals surface area contributed by atoms with E-state index in [-0.39, 0.29) is 23.5 Å². The Morgan fingerprint density at radius 2 is 2.06 bits per heavy atom. The molecule has 2 atom stereocenters. The molecule has 1 aliphatic rings. The highest BCUT2D eigenvalue weighted by molar-refractivity contribution is 6.30. The van der Waals surface area contributed by atoms with Crippen molar-refractivity contribution in [1.29, 1.82) is 5.26 Å². The predicted octanol–water partition coefficient (Wildman–Crippen LogP) is 3.28. The van der Waals surface area contributed by atoms with Gasteiger partial charge < -0.3 is 21.5 Å². The van der Waals surface area contributed by atoms with Crippen molar-refractivity contribution in [3.05, 3.63) is 53.2 Å². The molecule has 9 nitrogen and oxygen atoms in total.